The molecule has 0 radical (unpaired) electrons. The van der Waals surface area contributed by atoms with E-state index in [1.807, 2.05) is 0 Å². The highest BCUT2D eigenvalue weighted by Crippen LogP contribution is 2.32. The maximum Gasteiger partial charge on any atom is 0.273 e. The Kier molecular flexibility index (Phi) is 2.38. The summed E-state index contributed by atoms with van der Waals surface area (Å²) in [5.41, 5.74) is -1.34. The van der Waals surface area contributed by atoms with E-state index in [4.69, 9.17) is 16.6 Å². The molecule has 0 amide bonds. The molecule has 2 aromatic rings. The third-order valence-electron chi connectivity index (χ3n) is 2.94. The van der Waals surface area contributed by atoms with Crippen LogP contribution in [-0.4, -0.2) is 0 Å². The molecule has 0 aromatic heterocycles. The molecule has 0 spiro atoms. The lowest BCUT2D eigenvalue weighted by Gasteiger charge is -2.00. The van der Waals surface area contributed by atoms with Crippen LogP contribution in [0.3, 0.4) is 0 Å². The Labute approximate surface area is 112 Å². The Morgan fingerprint density at radius 2 is 2.05 bits per heavy atom. The number of fused-ring (bicyclic) bond motifs is 1. The van der Waals surface area contributed by atoms with E-state index < -0.39 is 16.6 Å². The van der Waals surface area contributed by atoms with Crippen LogP contribution < -0.4 is 31.3 Å². The summed E-state index contributed by atoms with van der Waals surface area (Å²) >= 11 is 0. The normalized spacial score (nSPS) is 16.5. The van der Waals surface area contributed by atoms with Crippen molar-refractivity contribution in [2.75, 3.05) is 5.32 Å². The lowest BCUT2D eigenvalue weighted by molar-refractivity contribution is 0.528. The summed E-state index contributed by atoms with van der Waals surface area (Å²) in [6, 6.07) is 8.61. The minimum atomic E-state index is -0.832. The molecule has 0 fully saturated rings. The Hall–Kier alpha value is -3.38. The molecule has 0 saturated heterocycles. The summed E-state index contributed by atoms with van der Waals surface area (Å²) in [5.74, 6) is 0.602. The Morgan fingerprint density at radius 1 is 1.30 bits per heavy atom. The van der Waals surface area contributed by atoms with Crippen LogP contribution in [0.4, 0.5) is 5.69 Å². The number of anilines is 1. The first-order chi connectivity index (χ1) is 9.67. The quantitative estimate of drug-likeness (QED) is 0.507. The van der Waals surface area contributed by atoms with Crippen LogP contribution in [-0.2, 0) is 0 Å². The van der Waals surface area contributed by atoms with Crippen molar-refractivity contribution in [3.8, 4) is 11.8 Å². The molecule has 1 heterocycles. The summed E-state index contributed by atoms with van der Waals surface area (Å²) in [6.07, 6.45) is 0. The van der Waals surface area contributed by atoms with Crippen LogP contribution in [0.5, 0.6) is 5.75 Å². The van der Waals surface area contributed by atoms with Gasteiger partial charge < -0.3 is 10.1 Å². The predicted molar refractivity (Wildman–Crippen MR) is 70.3 cm³/mol. The van der Waals surface area contributed by atoms with Gasteiger partial charge in [-0.25, -0.2) is 10.1 Å². The molecule has 0 saturated carbocycles. The monoisotopic (exact) mass is 263 g/mol. The van der Waals surface area contributed by atoms with Gasteiger partial charge in [0.2, 0.25) is 16.7 Å². The zero-order chi connectivity index (χ0) is 14.3. The van der Waals surface area contributed by atoms with Gasteiger partial charge >= 0.3 is 0 Å². The Balaban J connectivity index is 2.35. The third kappa shape index (κ3) is 1.43. The molecule has 0 unspecified atom stereocenters. The molecule has 1 aliphatic heterocycles. The van der Waals surface area contributed by atoms with Crippen molar-refractivity contribution in [3.63, 3.8) is 0 Å². The number of hydrogen-bond acceptors (Lipinski definition) is 5. The molecule has 1 N–H and O–H groups in total. The van der Waals surface area contributed by atoms with Gasteiger partial charge in [0.25, 0.3) is 5.70 Å². The van der Waals surface area contributed by atoms with Gasteiger partial charge in [-0.1, -0.05) is 12.1 Å². The lowest BCUT2D eigenvalue weighted by Crippen LogP contribution is -2.66. The first-order valence-electron chi connectivity index (χ1n) is 5.56. The maximum absolute atomic E-state index is 11.7. The first kappa shape index (κ1) is 11.7. The van der Waals surface area contributed by atoms with Crippen LogP contribution in [0.15, 0.2) is 33.9 Å². The van der Waals surface area contributed by atoms with Gasteiger partial charge in [0.1, 0.15) is 0 Å². The second kappa shape index (κ2) is 4.08. The summed E-state index contributed by atoms with van der Waals surface area (Å²) in [5, 5.41) is 11.5. The van der Waals surface area contributed by atoms with Crippen molar-refractivity contribution in [3.05, 3.63) is 66.6 Å². The topological polar surface area (TPSA) is 83.5 Å². The van der Waals surface area contributed by atoms with Crippen molar-refractivity contribution in [1.82, 2.24) is 0 Å². The van der Waals surface area contributed by atoms with E-state index in [2.05, 4.69) is 10.2 Å². The van der Waals surface area contributed by atoms with Crippen LogP contribution in [0.25, 0.3) is 16.4 Å². The molecule has 2 aromatic carbocycles. The third-order valence-corrected chi connectivity index (χ3v) is 2.94. The van der Waals surface area contributed by atoms with E-state index in [0.717, 1.165) is 0 Å². The van der Waals surface area contributed by atoms with E-state index in [1.165, 1.54) is 0 Å². The van der Waals surface area contributed by atoms with Gasteiger partial charge in [0.05, 0.1) is 28.8 Å². The molecular weight excluding hydrogens is 258 g/mol. The highest BCUT2D eigenvalue weighted by Gasteiger charge is 2.23. The second-order valence-corrected chi connectivity index (χ2v) is 4.03. The fraction of sp³-hybridized carbons (Fsp3) is 0. The number of rotatable bonds is 0. The molecule has 1 aliphatic rings. The zero-order valence-corrected chi connectivity index (χ0v) is 9.93. The van der Waals surface area contributed by atoms with E-state index in [9.17, 15) is 9.59 Å². The number of benzene rings is 1. The van der Waals surface area contributed by atoms with Gasteiger partial charge in [-0.05, 0) is 12.1 Å². The molecule has 3 rings (SSSR count). The first-order valence-corrected chi connectivity index (χ1v) is 5.56. The minimum Gasteiger partial charge on any atom is -0.438 e. The van der Waals surface area contributed by atoms with Crippen molar-refractivity contribution in [1.29, 1.82) is 5.26 Å². The van der Waals surface area contributed by atoms with Crippen molar-refractivity contribution < 1.29 is 4.74 Å². The molecule has 20 heavy (non-hydrogen) atoms. The fourth-order valence-electron chi connectivity index (χ4n) is 2.00. The average molecular weight is 263 g/mol. The molecule has 94 valence electrons. The summed E-state index contributed by atoms with van der Waals surface area (Å²) in [6.45, 7) is 6.87. The van der Waals surface area contributed by atoms with Gasteiger partial charge in [-0.15, -0.1) is 0 Å². The minimum absolute atomic E-state index is 0.0428. The summed E-state index contributed by atoms with van der Waals surface area (Å²) in [7, 11) is 0. The van der Waals surface area contributed by atoms with E-state index in [0.29, 0.717) is 11.4 Å². The number of para-hydroxylation sites is 2. The standard InChI is InChI=1S/C14H5N3O3/c1-16-8(6-15)10-11(13(19)12(10)18)14-17-7-4-2-3-5-9(7)20-14/h2-5,17H/b10-8+,14-11?. The zero-order valence-electron chi connectivity index (χ0n) is 9.93. The van der Waals surface area contributed by atoms with E-state index in [1.54, 1.807) is 30.3 Å². The smallest absolute Gasteiger partial charge is 0.273 e. The van der Waals surface area contributed by atoms with Gasteiger partial charge in [-0.2, -0.15) is 0 Å². The molecule has 0 aliphatic carbocycles. The van der Waals surface area contributed by atoms with Gasteiger partial charge in [-0.3, -0.25) is 9.59 Å². The molecule has 6 nitrogen and oxygen atoms in total. The molecule has 0 bridgehead atoms. The average Bonchev–Trinajstić information content (AvgIpc) is 2.89. The highest BCUT2D eigenvalue weighted by molar-refractivity contribution is 5.76. The molecule has 6 heteroatoms. The second-order valence-electron chi connectivity index (χ2n) is 4.03. The van der Waals surface area contributed by atoms with E-state index >= 15 is 0 Å². The lowest BCUT2D eigenvalue weighted by atomic mass is 10.1. The summed E-state index contributed by atoms with van der Waals surface area (Å²) < 4.78 is 5.45. The van der Waals surface area contributed by atoms with E-state index in [-0.39, 0.29) is 16.3 Å². The van der Waals surface area contributed by atoms with Crippen LogP contribution >= 0.6 is 0 Å². The van der Waals surface area contributed by atoms with Crippen molar-refractivity contribution >= 4 is 17.3 Å². The fourth-order valence-corrected chi connectivity index (χ4v) is 2.00. The largest absolute Gasteiger partial charge is 0.438 e. The SMILES string of the molecule is [C-]#[N+]/C(C#N)=c1/c(=O)c(=O)c1=C1Nc2ccccc2O1. The van der Waals surface area contributed by atoms with Crippen LogP contribution in [0.1, 0.15) is 0 Å². The van der Waals surface area contributed by atoms with Crippen LogP contribution in [0, 0.1) is 17.9 Å². The number of nitrogens with one attached hydrogen (secondary N) is 1. The number of hydrogen-bond donors (Lipinski definition) is 1. The van der Waals surface area contributed by atoms with Gasteiger partial charge in [0, 0.05) is 0 Å². The predicted octanol–water partition coefficient (Wildman–Crippen LogP) is -0.596. The summed E-state index contributed by atoms with van der Waals surface area (Å²) in [4.78, 5) is 26.2. The number of ether oxygens (including phenoxy) is 1. The number of nitriles is 1. The maximum atomic E-state index is 11.7. The molecule has 0 atom stereocenters. The van der Waals surface area contributed by atoms with Gasteiger partial charge in [0.15, 0.2) is 5.75 Å². The van der Waals surface area contributed by atoms with Crippen molar-refractivity contribution in [2.45, 2.75) is 0 Å². The highest BCUT2D eigenvalue weighted by atomic mass is 16.5. The van der Waals surface area contributed by atoms with Crippen molar-refractivity contribution in [2.24, 2.45) is 0 Å². The Bertz CT molecular complexity index is 969. The van der Waals surface area contributed by atoms with Crippen LogP contribution in [0.2, 0.25) is 0 Å². The molecular formula is C14H5N3O3. The Morgan fingerprint density at radius 3 is 2.70 bits per heavy atom. The number of nitrogens with zero attached hydrogens (tertiary/aromatic N) is 2.